The second-order valence-electron chi connectivity index (χ2n) is 6.87. The highest BCUT2D eigenvalue weighted by molar-refractivity contribution is 5.94. The van der Waals surface area contributed by atoms with Crippen LogP contribution in [0.1, 0.15) is 32.3 Å². The Hall–Kier alpha value is -2.11. The van der Waals surface area contributed by atoms with Gasteiger partial charge in [0.1, 0.15) is 0 Å². The van der Waals surface area contributed by atoms with Gasteiger partial charge in [-0.2, -0.15) is 0 Å². The molecule has 0 saturated carbocycles. The van der Waals surface area contributed by atoms with Crippen LogP contribution in [0.4, 0.5) is 0 Å². The number of benzene rings is 1. The molecule has 0 saturated heterocycles. The molecule has 0 aliphatic carbocycles. The molecule has 2 aromatic rings. The van der Waals surface area contributed by atoms with E-state index in [4.69, 9.17) is 5.73 Å². The summed E-state index contributed by atoms with van der Waals surface area (Å²) in [7, 11) is 1.99. The molecule has 0 spiro atoms. The van der Waals surface area contributed by atoms with Crippen LogP contribution < -0.4 is 5.73 Å². The molecule has 2 unspecified atom stereocenters. The van der Waals surface area contributed by atoms with Crippen LogP contribution in [0.2, 0.25) is 0 Å². The number of fused-ring (bicyclic) bond motifs is 1. The maximum Gasteiger partial charge on any atom is 0.226 e. The van der Waals surface area contributed by atoms with Crippen LogP contribution in [-0.2, 0) is 4.79 Å². The van der Waals surface area contributed by atoms with Crippen molar-refractivity contribution < 1.29 is 9.90 Å². The Kier molecular flexibility index (Phi) is 4.71. The summed E-state index contributed by atoms with van der Waals surface area (Å²) in [5.41, 5.74) is 8.42. The third-order valence-electron chi connectivity index (χ3n) is 6.06. The number of hydrogen-bond acceptors (Lipinski definition) is 3. The molecule has 1 aliphatic rings. The zero-order valence-corrected chi connectivity index (χ0v) is 15.1. The second-order valence-corrected chi connectivity index (χ2v) is 6.87. The van der Waals surface area contributed by atoms with Crippen molar-refractivity contribution in [2.45, 2.75) is 38.3 Å². The number of rotatable bonds is 5. The quantitative estimate of drug-likeness (QED) is 0.781. The van der Waals surface area contributed by atoms with E-state index in [1.807, 2.05) is 43.6 Å². The van der Waals surface area contributed by atoms with E-state index in [2.05, 4.69) is 23.7 Å². The normalized spacial score (nSPS) is 23.6. The highest BCUT2D eigenvalue weighted by Crippen LogP contribution is 2.43. The minimum absolute atomic E-state index is 0.00728. The molecular weight excluding hydrogens is 314 g/mol. The number of amides is 1. The summed E-state index contributed by atoms with van der Waals surface area (Å²) in [5.74, 6) is -0.710. The lowest BCUT2D eigenvalue weighted by molar-refractivity contribution is -0.126. The molecule has 5 nitrogen and oxygen atoms in total. The largest absolute Gasteiger partial charge is 0.394 e. The summed E-state index contributed by atoms with van der Waals surface area (Å²) in [6, 6.07) is 7.92. The van der Waals surface area contributed by atoms with Gasteiger partial charge in [0.2, 0.25) is 5.91 Å². The number of primary amides is 1. The van der Waals surface area contributed by atoms with Crippen molar-refractivity contribution in [2.75, 3.05) is 13.7 Å². The van der Waals surface area contributed by atoms with Crippen molar-refractivity contribution >= 4 is 22.4 Å². The van der Waals surface area contributed by atoms with Crippen molar-refractivity contribution in [2.24, 2.45) is 11.7 Å². The number of carbonyl (C=O) groups excluding carboxylic acids is 1. The number of nitrogens with one attached hydrogen (secondary N) is 1. The molecule has 0 radical (unpaired) electrons. The summed E-state index contributed by atoms with van der Waals surface area (Å²) in [4.78, 5) is 17.7. The molecule has 134 valence electrons. The van der Waals surface area contributed by atoms with Gasteiger partial charge in [-0.05, 0) is 36.9 Å². The Morgan fingerprint density at radius 1 is 1.32 bits per heavy atom. The number of nitrogens with zero attached hydrogens (tertiary/aromatic N) is 1. The SMILES string of the molecule is CCC1(CC)C(C(N)=O)C=C(c2cccc3cc[nH]c23)C(CO)N1C. The summed E-state index contributed by atoms with van der Waals surface area (Å²) < 4.78 is 0. The van der Waals surface area contributed by atoms with E-state index in [0.29, 0.717) is 0 Å². The van der Waals surface area contributed by atoms with Crippen LogP contribution in [0.15, 0.2) is 36.5 Å². The smallest absolute Gasteiger partial charge is 0.226 e. The van der Waals surface area contributed by atoms with E-state index in [-0.39, 0.29) is 24.1 Å². The average Bonchev–Trinajstić information content (AvgIpc) is 3.09. The third-order valence-corrected chi connectivity index (χ3v) is 6.06. The van der Waals surface area contributed by atoms with Crippen molar-refractivity contribution in [3.05, 3.63) is 42.1 Å². The Morgan fingerprint density at radius 3 is 2.64 bits per heavy atom. The molecule has 2 atom stereocenters. The maximum absolute atomic E-state index is 12.3. The van der Waals surface area contributed by atoms with E-state index >= 15 is 0 Å². The van der Waals surface area contributed by atoms with Crippen LogP contribution in [0, 0.1) is 5.92 Å². The van der Waals surface area contributed by atoms with Crippen molar-refractivity contribution in [3.63, 3.8) is 0 Å². The first-order valence-corrected chi connectivity index (χ1v) is 8.91. The molecule has 0 fully saturated rings. The molecule has 25 heavy (non-hydrogen) atoms. The minimum atomic E-state index is -0.393. The number of para-hydroxylation sites is 1. The lowest BCUT2D eigenvalue weighted by atomic mass is 9.71. The summed E-state index contributed by atoms with van der Waals surface area (Å²) in [6.07, 6.45) is 5.48. The van der Waals surface area contributed by atoms with Gasteiger partial charge in [-0.3, -0.25) is 9.69 Å². The first kappa shape index (κ1) is 17.7. The molecule has 3 rings (SSSR count). The predicted molar refractivity (Wildman–Crippen MR) is 101 cm³/mol. The number of nitrogens with two attached hydrogens (primary N) is 1. The van der Waals surface area contributed by atoms with Crippen LogP contribution in [-0.4, -0.2) is 46.1 Å². The molecule has 4 N–H and O–H groups in total. The van der Waals surface area contributed by atoms with Gasteiger partial charge in [-0.25, -0.2) is 0 Å². The number of H-pyrrole nitrogens is 1. The Labute approximate surface area is 148 Å². The van der Waals surface area contributed by atoms with E-state index in [1.165, 1.54) is 0 Å². The monoisotopic (exact) mass is 341 g/mol. The van der Waals surface area contributed by atoms with Gasteiger partial charge in [0, 0.05) is 17.3 Å². The molecule has 1 amide bonds. The fourth-order valence-corrected chi connectivity index (χ4v) is 4.54. The van der Waals surface area contributed by atoms with Crippen LogP contribution in [0.3, 0.4) is 0 Å². The van der Waals surface area contributed by atoms with Gasteiger partial charge >= 0.3 is 0 Å². The van der Waals surface area contributed by atoms with Gasteiger partial charge in [-0.1, -0.05) is 38.1 Å². The maximum atomic E-state index is 12.3. The summed E-state index contributed by atoms with van der Waals surface area (Å²) >= 11 is 0. The van der Waals surface area contributed by atoms with E-state index in [9.17, 15) is 9.90 Å². The fraction of sp³-hybridized carbons (Fsp3) is 0.450. The van der Waals surface area contributed by atoms with Gasteiger partial charge in [-0.15, -0.1) is 0 Å². The second kappa shape index (κ2) is 6.65. The molecule has 1 aromatic carbocycles. The van der Waals surface area contributed by atoms with E-state index < -0.39 is 5.92 Å². The molecule has 0 bridgehead atoms. The third kappa shape index (κ3) is 2.58. The minimum Gasteiger partial charge on any atom is -0.394 e. The number of aromatic nitrogens is 1. The van der Waals surface area contributed by atoms with E-state index in [0.717, 1.165) is 34.9 Å². The van der Waals surface area contributed by atoms with Crippen LogP contribution >= 0.6 is 0 Å². The molecule has 1 aromatic heterocycles. The lowest BCUT2D eigenvalue weighted by Crippen LogP contribution is -2.61. The lowest BCUT2D eigenvalue weighted by Gasteiger charge is -2.52. The number of aliphatic hydroxyl groups is 1. The summed E-state index contributed by atoms with van der Waals surface area (Å²) in [6.45, 7) is 4.15. The molecule has 2 heterocycles. The fourth-order valence-electron chi connectivity index (χ4n) is 4.54. The number of aromatic amines is 1. The average molecular weight is 341 g/mol. The summed E-state index contributed by atoms with van der Waals surface area (Å²) in [5, 5.41) is 11.3. The van der Waals surface area contributed by atoms with E-state index in [1.54, 1.807) is 0 Å². The van der Waals surface area contributed by atoms with Crippen LogP contribution in [0.5, 0.6) is 0 Å². The molecule has 5 heteroatoms. The number of carbonyl (C=O) groups is 1. The first-order valence-electron chi connectivity index (χ1n) is 8.91. The molecular formula is C20H27N3O2. The molecule has 1 aliphatic heterocycles. The van der Waals surface area contributed by atoms with Gasteiger partial charge in [0.15, 0.2) is 0 Å². The zero-order valence-electron chi connectivity index (χ0n) is 15.1. The number of hydrogen-bond donors (Lipinski definition) is 3. The number of likely N-dealkylation sites (N-methyl/N-ethyl adjacent to an activating group) is 1. The van der Waals surface area contributed by atoms with Gasteiger partial charge in [0.25, 0.3) is 0 Å². The van der Waals surface area contributed by atoms with Crippen LogP contribution in [0.25, 0.3) is 16.5 Å². The topological polar surface area (TPSA) is 82.3 Å². The first-order chi connectivity index (χ1) is 12.0. The highest BCUT2D eigenvalue weighted by atomic mass is 16.3. The van der Waals surface area contributed by atoms with Crippen molar-refractivity contribution in [1.29, 1.82) is 0 Å². The Balaban J connectivity index is 2.24. The van der Waals surface area contributed by atoms with Crippen molar-refractivity contribution in [1.82, 2.24) is 9.88 Å². The predicted octanol–water partition coefficient (Wildman–Crippen LogP) is 2.52. The zero-order chi connectivity index (χ0) is 18.2. The van der Waals surface area contributed by atoms with Crippen molar-refractivity contribution in [3.8, 4) is 0 Å². The number of aliphatic hydroxyl groups excluding tert-OH is 1. The Morgan fingerprint density at radius 2 is 2.04 bits per heavy atom. The van der Waals surface area contributed by atoms with Gasteiger partial charge in [0.05, 0.1) is 24.1 Å². The van der Waals surface area contributed by atoms with Gasteiger partial charge < -0.3 is 15.8 Å². The Bertz CT molecular complexity index is 804. The standard InChI is InChI=1S/C20H27N3O2/c1-4-20(5-2)16(19(21)25)11-15(17(12-24)23(20)3)14-8-6-7-13-9-10-22-18(13)14/h6-11,16-17,22,24H,4-5,12H2,1-3H3,(H2,21,25). The highest BCUT2D eigenvalue weighted by Gasteiger charge is 2.48.